The van der Waals surface area contributed by atoms with Crippen molar-refractivity contribution in [2.24, 2.45) is 5.73 Å². The lowest BCUT2D eigenvalue weighted by Crippen LogP contribution is -2.39. The smallest absolute Gasteiger partial charge is 0.264 e. The van der Waals surface area contributed by atoms with Gasteiger partial charge in [-0.1, -0.05) is 0 Å². The van der Waals surface area contributed by atoms with Crippen LogP contribution >= 0.6 is 0 Å². The average Bonchev–Trinajstić information content (AvgIpc) is 1.95. The highest BCUT2D eigenvalue weighted by Crippen LogP contribution is 1.87. The molecular formula is C6H14N2O4S. The van der Waals surface area contributed by atoms with E-state index in [2.05, 4.69) is 5.32 Å². The van der Waals surface area contributed by atoms with E-state index < -0.39 is 22.1 Å². The van der Waals surface area contributed by atoms with Crippen LogP contribution < -0.4 is 11.1 Å². The van der Waals surface area contributed by atoms with E-state index in [9.17, 15) is 13.2 Å². The summed E-state index contributed by atoms with van der Waals surface area (Å²) in [6.07, 6.45) is 0.246. The number of nitrogens with two attached hydrogens (primary N) is 1. The number of primary amides is 1. The van der Waals surface area contributed by atoms with Crippen molar-refractivity contribution in [2.75, 3.05) is 12.3 Å². The first-order chi connectivity index (χ1) is 5.83. The molecule has 0 aliphatic heterocycles. The van der Waals surface area contributed by atoms with Gasteiger partial charge in [0, 0.05) is 0 Å². The van der Waals surface area contributed by atoms with E-state index in [1.165, 1.54) is 0 Å². The van der Waals surface area contributed by atoms with Crippen molar-refractivity contribution < 1.29 is 17.8 Å². The molecule has 0 spiro atoms. The van der Waals surface area contributed by atoms with Crippen molar-refractivity contribution in [1.29, 1.82) is 0 Å². The summed E-state index contributed by atoms with van der Waals surface area (Å²) in [5.41, 5.74) is 4.93. The number of amides is 1. The van der Waals surface area contributed by atoms with Crippen LogP contribution in [0.15, 0.2) is 0 Å². The van der Waals surface area contributed by atoms with Crippen molar-refractivity contribution in [3.63, 3.8) is 0 Å². The highest BCUT2D eigenvalue weighted by Gasteiger charge is 2.08. The van der Waals surface area contributed by atoms with E-state index >= 15 is 0 Å². The molecular weight excluding hydrogens is 196 g/mol. The molecule has 0 aromatic carbocycles. The van der Waals surface area contributed by atoms with Crippen molar-refractivity contribution in [3.05, 3.63) is 0 Å². The second-order valence-corrected chi connectivity index (χ2v) is 4.29. The van der Waals surface area contributed by atoms with E-state index in [0.717, 1.165) is 0 Å². The molecule has 0 aliphatic rings. The van der Waals surface area contributed by atoms with Crippen LogP contribution in [0, 0.1) is 0 Å². The lowest BCUT2D eigenvalue weighted by molar-refractivity contribution is -0.119. The summed E-state index contributed by atoms with van der Waals surface area (Å²) < 4.78 is 28.8. The Balaban J connectivity index is 3.53. The molecule has 0 aromatic heterocycles. The van der Waals surface area contributed by atoms with Crippen molar-refractivity contribution in [2.45, 2.75) is 19.4 Å². The fraction of sp³-hybridized carbons (Fsp3) is 0.833. The average molecular weight is 210 g/mol. The Morgan fingerprint density at radius 3 is 2.54 bits per heavy atom. The first-order valence-electron chi connectivity index (χ1n) is 3.81. The molecule has 0 aliphatic carbocycles. The van der Waals surface area contributed by atoms with Gasteiger partial charge in [-0.05, 0) is 19.9 Å². The molecule has 7 heteroatoms. The van der Waals surface area contributed by atoms with Gasteiger partial charge in [-0.3, -0.25) is 9.35 Å². The number of carbonyl (C=O) groups is 1. The van der Waals surface area contributed by atoms with Gasteiger partial charge >= 0.3 is 0 Å². The van der Waals surface area contributed by atoms with E-state index in [4.69, 9.17) is 10.3 Å². The molecule has 0 bridgehead atoms. The van der Waals surface area contributed by atoms with Crippen LogP contribution in [-0.4, -0.2) is 37.2 Å². The molecule has 0 saturated carbocycles. The van der Waals surface area contributed by atoms with Crippen LogP contribution in [0.1, 0.15) is 13.3 Å². The van der Waals surface area contributed by atoms with Crippen LogP contribution in [0.5, 0.6) is 0 Å². The Morgan fingerprint density at radius 2 is 2.15 bits per heavy atom. The van der Waals surface area contributed by atoms with Gasteiger partial charge in [0.05, 0.1) is 11.8 Å². The highest BCUT2D eigenvalue weighted by atomic mass is 32.2. The van der Waals surface area contributed by atoms with E-state index in [1.807, 2.05) is 0 Å². The molecule has 1 amide bonds. The largest absolute Gasteiger partial charge is 0.368 e. The fourth-order valence-electron chi connectivity index (χ4n) is 0.674. The van der Waals surface area contributed by atoms with E-state index in [0.29, 0.717) is 6.54 Å². The maximum absolute atomic E-state index is 10.5. The number of rotatable bonds is 6. The second kappa shape index (κ2) is 5.15. The van der Waals surface area contributed by atoms with Crippen molar-refractivity contribution in [1.82, 2.24) is 5.32 Å². The Morgan fingerprint density at radius 1 is 1.62 bits per heavy atom. The summed E-state index contributed by atoms with van der Waals surface area (Å²) in [5, 5.41) is 2.70. The SMILES string of the molecule is CC(NCCCS(=O)(=O)O)C(N)=O. The zero-order chi connectivity index (χ0) is 10.5. The number of carbonyl (C=O) groups excluding carboxylic acids is 1. The van der Waals surface area contributed by atoms with E-state index in [-0.39, 0.29) is 12.2 Å². The van der Waals surface area contributed by atoms with Gasteiger partial charge < -0.3 is 11.1 Å². The molecule has 0 radical (unpaired) electrons. The molecule has 1 unspecified atom stereocenters. The summed E-state index contributed by atoms with van der Waals surface area (Å²) in [6.45, 7) is 1.90. The number of hydrogen-bond acceptors (Lipinski definition) is 4. The van der Waals surface area contributed by atoms with Crippen molar-refractivity contribution >= 4 is 16.0 Å². The maximum Gasteiger partial charge on any atom is 0.264 e. The van der Waals surface area contributed by atoms with Crippen LogP contribution in [0.3, 0.4) is 0 Å². The molecule has 6 nitrogen and oxygen atoms in total. The minimum absolute atomic E-state index is 0.246. The molecule has 0 fully saturated rings. The molecule has 1 atom stereocenters. The lowest BCUT2D eigenvalue weighted by atomic mass is 10.3. The molecule has 78 valence electrons. The molecule has 4 N–H and O–H groups in total. The fourth-order valence-corrected chi connectivity index (χ4v) is 1.18. The zero-order valence-electron chi connectivity index (χ0n) is 7.36. The van der Waals surface area contributed by atoms with Crippen LogP contribution in [0.25, 0.3) is 0 Å². The summed E-state index contributed by atoms with van der Waals surface area (Å²) in [5.74, 6) is -0.808. The zero-order valence-corrected chi connectivity index (χ0v) is 8.17. The molecule has 0 saturated heterocycles. The summed E-state index contributed by atoms with van der Waals surface area (Å²) in [6, 6.07) is -0.485. The van der Waals surface area contributed by atoms with Gasteiger partial charge in [0.15, 0.2) is 0 Å². The van der Waals surface area contributed by atoms with Gasteiger partial charge in [0.2, 0.25) is 5.91 Å². The highest BCUT2D eigenvalue weighted by molar-refractivity contribution is 7.85. The monoisotopic (exact) mass is 210 g/mol. The van der Waals surface area contributed by atoms with E-state index in [1.54, 1.807) is 6.92 Å². The Kier molecular flexibility index (Phi) is 4.89. The second-order valence-electron chi connectivity index (χ2n) is 2.72. The third-order valence-corrected chi connectivity index (χ3v) is 2.26. The summed E-state index contributed by atoms with van der Waals surface area (Å²) in [4.78, 5) is 10.5. The Hall–Kier alpha value is -0.660. The molecule has 0 aromatic rings. The molecule has 0 heterocycles. The first-order valence-corrected chi connectivity index (χ1v) is 5.41. The number of nitrogens with one attached hydrogen (secondary N) is 1. The first kappa shape index (κ1) is 12.3. The van der Waals surface area contributed by atoms with Crippen LogP contribution in [0.4, 0.5) is 0 Å². The predicted molar refractivity (Wildman–Crippen MR) is 47.7 cm³/mol. The van der Waals surface area contributed by atoms with Crippen molar-refractivity contribution in [3.8, 4) is 0 Å². The standard InChI is InChI=1S/C6H14N2O4S/c1-5(6(7)9)8-3-2-4-13(10,11)12/h5,8H,2-4H2,1H3,(H2,7,9)(H,10,11,12). The maximum atomic E-state index is 10.5. The molecule has 0 rings (SSSR count). The Labute approximate surface area is 77.2 Å². The summed E-state index contributed by atoms with van der Waals surface area (Å²) in [7, 11) is -3.90. The predicted octanol–water partition coefficient (Wildman–Crippen LogP) is -1.27. The van der Waals surface area contributed by atoms with Gasteiger partial charge in [-0.2, -0.15) is 8.42 Å². The normalized spacial score (nSPS) is 14.0. The third kappa shape index (κ3) is 7.69. The lowest BCUT2D eigenvalue weighted by Gasteiger charge is -2.08. The quantitative estimate of drug-likeness (QED) is 0.374. The van der Waals surface area contributed by atoms with Gasteiger partial charge in [0.25, 0.3) is 10.1 Å². The summed E-state index contributed by atoms with van der Waals surface area (Å²) >= 11 is 0. The minimum Gasteiger partial charge on any atom is -0.368 e. The van der Waals surface area contributed by atoms with Gasteiger partial charge in [-0.15, -0.1) is 0 Å². The van der Waals surface area contributed by atoms with Gasteiger partial charge in [0.1, 0.15) is 0 Å². The number of hydrogen-bond donors (Lipinski definition) is 3. The van der Waals surface area contributed by atoms with Crippen LogP contribution in [0.2, 0.25) is 0 Å². The van der Waals surface area contributed by atoms with Gasteiger partial charge in [-0.25, -0.2) is 0 Å². The topological polar surface area (TPSA) is 109 Å². The Bertz CT molecular complexity index is 262. The minimum atomic E-state index is -3.90. The molecule has 13 heavy (non-hydrogen) atoms. The third-order valence-electron chi connectivity index (χ3n) is 1.46. The van der Waals surface area contributed by atoms with Crippen LogP contribution in [-0.2, 0) is 14.9 Å².